The predicted octanol–water partition coefficient (Wildman–Crippen LogP) is 4.71. The molecule has 0 heterocycles. The normalized spacial score (nSPS) is 12.2. The summed E-state index contributed by atoms with van der Waals surface area (Å²) in [5.74, 6) is 0.513. The molecule has 0 saturated heterocycles. The number of hydrogen-bond donors (Lipinski definition) is 2. The molecule has 0 spiro atoms. The fourth-order valence-electron chi connectivity index (χ4n) is 2.77. The van der Waals surface area contributed by atoms with Crippen LogP contribution in [-0.2, 0) is 26.2 Å². The smallest absolute Gasteiger partial charge is 0.416 e. The van der Waals surface area contributed by atoms with Gasteiger partial charge >= 0.3 is 6.18 Å². The first-order chi connectivity index (χ1) is 15.4. The van der Waals surface area contributed by atoms with E-state index in [1.54, 1.807) is 6.92 Å². The standard InChI is InChI=1S/C21H19F3N2O5S2/c1-2-31-18-8-12-20(13-9-18)32(27,28)25-16-6-10-19(11-7-16)33(29,30)26-17-5-3-4-15(14-17)21(22,23)24/h3-14,25-26H,2H2,1H3. The van der Waals surface area contributed by atoms with Gasteiger partial charge in [0.1, 0.15) is 5.75 Å². The van der Waals surface area contributed by atoms with Gasteiger partial charge in [-0.15, -0.1) is 0 Å². The average Bonchev–Trinajstić information content (AvgIpc) is 2.74. The first kappa shape index (κ1) is 24.4. The van der Waals surface area contributed by atoms with Gasteiger partial charge in [0.2, 0.25) is 0 Å². The minimum absolute atomic E-state index is 0.0196. The molecule has 0 saturated carbocycles. The van der Waals surface area contributed by atoms with E-state index in [0.29, 0.717) is 18.4 Å². The van der Waals surface area contributed by atoms with E-state index in [1.807, 2.05) is 0 Å². The van der Waals surface area contributed by atoms with Gasteiger partial charge in [-0.05, 0) is 73.7 Å². The number of halogens is 3. The van der Waals surface area contributed by atoms with Crippen LogP contribution in [0.15, 0.2) is 82.6 Å². The van der Waals surface area contributed by atoms with Gasteiger partial charge in [-0.2, -0.15) is 13.2 Å². The largest absolute Gasteiger partial charge is 0.494 e. The zero-order valence-electron chi connectivity index (χ0n) is 17.1. The molecule has 3 aromatic rings. The van der Waals surface area contributed by atoms with E-state index in [2.05, 4.69) is 9.44 Å². The summed E-state index contributed by atoms with van der Waals surface area (Å²) in [7, 11) is -8.14. The Morgan fingerprint density at radius 1 is 0.758 bits per heavy atom. The second-order valence-electron chi connectivity index (χ2n) is 6.72. The Morgan fingerprint density at radius 2 is 1.27 bits per heavy atom. The maximum absolute atomic E-state index is 12.8. The van der Waals surface area contributed by atoms with Crippen molar-refractivity contribution in [2.45, 2.75) is 22.9 Å². The van der Waals surface area contributed by atoms with Crippen LogP contribution < -0.4 is 14.2 Å². The van der Waals surface area contributed by atoms with E-state index in [1.165, 1.54) is 42.5 Å². The number of alkyl halides is 3. The van der Waals surface area contributed by atoms with Crippen LogP contribution in [0.3, 0.4) is 0 Å². The van der Waals surface area contributed by atoms with E-state index >= 15 is 0 Å². The summed E-state index contributed by atoms with van der Waals surface area (Å²) in [6.45, 7) is 2.23. The highest BCUT2D eigenvalue weighted by Crippen LogP contribution is 2.31. The minimum atomic E-state index is -4.62. The van der Waals surface area contributed by atoms with Crippen molar-refractivity contribution in [2.75, 3.05) is 16.1 Å². The zero-order chi connectivity index (χ0) is 24.3. The Labute approximate surface area is 189 Å². The van der Waals surface area contributed by atoms with Crippen LogP contribution in [0.4, 0.5) is 24.5 Å². The van der Waals surface area contributed by atoms with E-state index in [9.17, 15) is 30.0 Å². The second kappa shape index (κ2) is 9.32. The van der Waals surface area contributed by atoms with Crippen LogP contribution >= 0.6 is 0 Å². The number of benzene rings is 3. The lowest BCUT2D eigenvalue weighted by Crippen LogP contribution is -2.15. The van der Waals surface area contributed by atoms with Crippen molar-refractivity contribution in [3.05, 3.63) is 78.4 Å². The van der Waals surface area contributed by atoms with Crippen molar-refractivity contribution in [3.8, 4) is 5.75 Å². The Kier molecular flexibility index (Phi) is 6.89. The maximum atomic E-state index is 12.8. The summed E-state index contributed by atoms with van der Waals surface area (Å²) < 4.78 is 98.3. The van der Waals surface area contributed by atoms with Crippen molar-refractivity contribution >= 4 is 31.4 Å². The molecule has 2 N–H and O–H groups in total. The SMILES string of the molecule is CCOc1ccc(S(=O)(=O)Nc2ccc(S(=O)(=O)Nc3cccc(C(F)(F)F)c3)cc2)cc1. The highest BCUT2D eigenvalue weighted by atomic mass is 32.2. The van der Waals surface area contributed by atoms with Gasteiger partial charge in [0.05, 0.1) is 22.0 Å². The van der Waals surface area contributed by atoms with Gasteiger partial charge in [0.15, 0.2) is 0 Å². The third-order valence-corrected chi connectivity index (χ3v) is 7.10. The van der Waals surface area contributed by atoms with Crippen molar-refractivity contribution in [2.24, 2.45) is 0 Å². The Hall–Kier alpha value is -3.25. The first-order valence-corrected chi connectivity index (χ1v) is 12.4. The Balaban J connectivity index is 1.75. The molecule has 0 amide bonds. The van der Waals surface area contributed by atoms with Gasteiger partial charge in [-0.1, -0.05) is 6.07 Å². The lowest BCUT2D eigenvalue weighted by atomic mass is 10.2. The third-order valence-electron chi connectivity index (χ3n) is 4.30. The summed E-state index contributed by atoms with van der Waals surface area (Å²) in [4.78, 5) is -0.280. The van der Waals surface area contributed by atoms with E-state index < -0.39 is 31.8 Å². The van der Waals surface area contributed by atoms with Crippen LogP contribution in [0.5, 0.6) is 5.75 Å². The van der Waals surface area contributed by atoms with Gasteiger partial charge < -0.3 is 4.74 Å². The van der Waals surface area contributed by atoms with Crippen LogP contribution in [0.1, 0.15) is 12.5 Å². The number of ether oxygens (including phenoxy) is 1. The van der Waals surface area contributed by atoms with Crippen LogP contribution in [-0.4, -0.2) is 23.4 Å². The molecule has 0 fully saturated rings. The highest BCUT2D eigenvalue weighted by molar-refractivity contribution is 7.93. The fourth-order valence-corrected chi connectivity index (χ4v) is 4.88. The molecule has 0 aromatic heterocycles. The molecule has 0 aliphatic heterocycles. The molecule has 3 aromatic carbocycles. The van der Waals surface area contributed by atoms with Crippen molar-refractivity contribution in [3.63, 3.8) is 0 Å². The molecule has 7 nitrogen and oxygen atoms in total. The van der Waals surface area contributed by atoms with Crippen molar-refractivity contribution in [1.29, 1.82) is 0 Å². The highest BCUT2D eigenvalue weighted by Gasteiger charge is 2.30. The zero-order valence-corrected chi connectivity index (χ0v) is 18.8. The Bertz CT molecular complexity index is 1320. The van der Waals surface area contributed by atoms with E-state index in [0.717, 1.165) is 24.3 Å². The summed E-state index contributed by atoms with van der Waals surface area (Å²) in [5, 5.41) is 0. The number of nitrogens with one attached hydrogen (secondary N) is 2. The second-order valence-corrected chi connectivity index (χ2v) is 10.1. The number of anilines is 2. The molecule has 0 aliphatic carbocycles. The maximum Gasteiger partial charge on any atom is 0.416 e. The molecule has 3 rings (SSSR count). The molecule has 33 heavy (non-hydrogen) atoms. The fraction of sp³-hybridized carbons (Fsp3) is 0.143. The number of sulfonamides is 2. The minimum Gasteiger partial charge on any atom is -0.494 e. The van der Waals surface area contributed by atoms with Gasteiger partial charge in [0, 0.05) is 11.4 Å². The molecule has 12 heteroatoms. The van der Waals surface area contributed by atoms with Crippen LogP contribution in [0, 0.1) is 0 Å². The summed E-state index contributed by atoms with van der Waals surface area (Å²) >= 11 is 0. The topological polar surface area (TPSA) is 102 Å². The summed E-state index contributed by atoms with van der Waals surface area (Å²) in [6.07, 6.45) is -4.62. The molecular formula is C21H19F3N2O5S2. The lowest BCUT2D eigenvalue weighted by molar-refractivity contribution is -0.137. The monoisotopic (exact) mass is 500 g/mol. The first-order valence-electron chi connectivity index (χ1n) is 9.46. The quantitative estimate of drug-likeness (QED) is 0.467. The van der Waals surface area contributed by atoms with Gasteiger partial charge in [-0.25, -0.2) is 16.8 Å². The summed E-state index contributed by atoms with van der Waals surface area (Å²) in [5.41, 5.74) is -1.16. The molecular weight excluding hydrogens is 481 g/mol. The van der Waals surface area contributed by atoms with E-state index in [4.69, 9.17) is 4.74 Å². The van der Waals surface area contributed by atoms with Gasteiger partial charge in [0.25, 0.3) is 20.0 Å². The molecule has 0 radical (unpaired) electrons. The third kappa shape index (κ3) is 6.17. The van der Waals surface area contributed by atoms with Gasteiger partial charge in [-0.3, -0.25) is 9.44 Å². The predicted molar refractivity (Wildman–Crippen MR) is 117 cm³/mol. The lowest BCUT2D eigenvalue weighted by Gasteiger charge is -2.12. The molecule has 176 valence electrons. The molecule has 0 atom stereocenters. The number of hydrogen-bond acceptors (Lipinski definition) is 5. The van der Waals surface area contributed by atoms with Crippen LogP contribution in [0.25, 0.3) is 0 Å². The molecule has 0 bridgehead atoms. The Morgan fingerprint density at radius 3 is 1.79 bits per heavy atom. The number of rotatable bonds is 8. The summed E-state index contributed by atoms with van der Waals surface area (Å²) in [6, 6.07) is 14.2. The molecule has 0 aliphatic rings. The van der Waals surface area contributed by atoms with Crippen molar-refractivity contribution < 1.29 is 34.7 Å². The van der Waals surface area contributed by atoms with Crippen molar-refractivity contribution in [1.82, 2.24) is 0 Å². The van der Waals surface area contributed by atoms with Crippen LogP contribution in [0.2, 0.25) is 0 Å². The van der Waals surface area contributed by atoms with E-state index in [-0.39, 0.29) is 21.2 Å². The molecule has 0 unspecified atom stereocenters. The average molecular weight is 501 g/mol.